The number of aromatic nitrogens is 3. The first-order valence-electron chi connectivity index (χ1n) is 12.1. The maximum atomic E-state index is 12.1. The Kier molecular flexibility index (Phi) is 6.36. The van der Waals surface area contributed by atoms with E-state index >= 15 is 0 Å². The van der Waals surface area contributed by atoms with Gasteiger partial charge < -0.3 is 15.8 Å². The van der Waals surface area contributed by atoms with Gasteiger partial charge in [-0.15, -0.1) is 0 Å². The van der Waals surface area contributed by atoms with Gasteiger partial charge in [0.1, 0.15) is 17.2 Å². The second-order valence-corrected chi connectivity index (χ2v) is 9.80. The summed E-state index contributed by atoms with van der Waals surface area (Å²) in [4.78, 5) is 21.3. The van der Waals surface area contributed by atoms with Crippen molar-refractivity contribution in [2.45, 2.75) is 32.9 Å². The Balaban J connectivity index is 1.55. The fourth-order valence-corrected chi connectivity index (χ4v) is 4.19. The second kappa shape index (κ2) is 9.78. The smallest absolute Gasteiger partial charge is 0.407 e. The summed E-state index contributed by atoms with van der Waals surface area (Å²) in [6.45, 7) is 5.88. The van der Waals surface area contributed by atoms with Gasteiger partial charge in [-0.3, -0.25) is 4.57 Å². The van der Waals surface area contributed by atoms with Crippen LogP contribution < -0.4 is 11.1 Å². The number of fused-ring (bicyclic) bond motifs is 1. The van der Waals surface area contributed by atoms with Crippen LogP contribution in [0.15, 0.2) is 91.1 Å². The normalized spacial score (nSPS) is 11.4. The first kappa shape index (κ1) is 24.1. The fourth-order valence-electron chi connectivity index (χ4n) is 4.19. The van der Waals surface area contributed by atoms with Crippen LogP contribution in [-0.2, 0) is 11.3 Å². The van der Waals surface area contributed by atoms with Crippen molar-refractivity contribution in [1.29, 1.82) is 0 Å². The van der Waals surface area contributed by atoms with Crippen LogP contribution in [0.25, 0.3) is 39.2 Å². The predicted octanol–water partition coefficient (Wildman–Crippen LogP) is 6.36. The van der Waals surface area contributed by atoms with Gasteiger partial charge in [-0.2, -0.15) is 0 Å². The van der Waals surface area contributed by atoms with Crippen LogP contribution in [0.5, 0.6) is 0 Å². The number of benzene rings is 3. The van der Waals surface area contributed by atoms with Crippen molar-refractivity contribution < 1.29 is 9.53 Å². The molecule has 0 aliphatic carbocycles. The number of hydrogen-bond donors (Lipinski definition) is 2. The maximum Gasteiger partial charge on any atom is 0.407 e. The molecule has 0 aliphatic rings. The zero-order valence-electron chi connectivity index (χ0n) is 21.1. The summed E-state index contributed by atoms with van der Waals surface area (Å²) in [5.41, 5.74) is 12.4. The molecule has 0 radical (unpaired) electrons. The number of ether oxygens (including phenoxy) is 1. The van der Waals surface area contributed by atoms with Crippen LogP contribution in [0.2, 0.25) is 0 Å². The minimum atomic E-state index is -0.542. The minimum Gasteiger partial charge on any atom is -0.444 e. The van der Waals surface area contributed by atoms with Gasteiger partial charge in [-0.25, -0.2) is 14.8 Å². The molecule has 186 valence electrons. The third kappa shape index (κ3) is 5.30. The van der Waals surface area contributed by atoms with E-state index in [2.05, 4.69) is 39.1 Å². The SMILES string of the molecule is CC(C)(C)OC(=O)NCc1ccc(-n2c(-c3cccnc3N)nc3ccc(-c4ccccc4)cc32)cc1. The van der Waals surface area contributed by atoms with Crippen molar-refractivity contribution in [3.05, 3.63) is 96.7 Å². The average Bonchev–Trinajstić information content (AvgIpc) is 3.26. The molecule has 1 amide bonds. The Hall–Kier alpha value is -4.65. The molecule has 0 unspecified atom stereocenters. The van der Waals surface area contributed by atoms with E-state index in [0.717, 1.165) is 39.0 Å². The second-order valence-electron chi connectivity index (χ2n) is 9.80. The number of amides is 1. The number of hydrogen-bond acceptors (Lipinski definition) is 5. The van der Waals surface area contributed by atoms with E-state index in [-0.39, 0.29) is 0 Å². The number of nitrogen functional groups attached to an aromatic ring is 1. The number of carbonyl (C=O) groups excluding carboxylic acids is 1. The highest BCUT2D eigenvalue weighted by Gasteiger charge is 2.18. The van der Waals surface area contributed by atoms with Crippen molar-refractivity contribution in [1.82, 2.24) is 19.9 Å². The number of carbonyl (C=O) groups is 1. The van der Waals surface area contributed by atoms with Gasteiger partial charge in [0.25, 0.3) is 0 Å². The van der Waals surface area contributed by atoms with Gasteiger partial charge in [0.05, 0.1) is 16.6 Å². The molecule has 7 nitrogen and oxygen atoms in total. The molecule has 0 aliphatic heterocycles. The summed E-state index contributed by atoms with van der Waals surface area (Å²) in [5, 5.41) is 2.80. The molecule has 0 saturated carbocycles. The quantitative estimate of drug-likeness (QED) is 0.298. The summed E-state index contributed by atoms with van der Waals surface area (Å²) in [6.07, 6.45) is 1.23. The van der Waals surface area contributed by atoms with Gasteiger partial charge in [0.15, 0.2) is 0 Å². The molecule has 37 heavy (non-hydrogen) atoms. The zero-order chi connectivity index (χ0) is 26.0. The van der Waals surface area contributed by atoms with E-state index in [0.29, 0.717) is 18.2 Å². The van der Waals surface area contributed by atoms with Crippen molar-refractivity contribution >= 4 is 22.9 Å². The van der Waals surface area contributed by atoms with E-state index in [1.54, 1.807) is 6.20 Å². The lowest BCUT2D eigenvalue weighted by atomic mass is 10.1. The first-order valence-corrected chi connectivity index (χ1v) is 12.1. The van der Waals surface area contributed by atoms with Crippen molar-refractivity contribution in [2.75, 3.05) is 5.73 Å². The van der Waals surface area contributed by atoms with Gasteiger partial charge in [0.2, 0.25) is 0 Å². The summed E-state index contributed by atoms with van der Waals surface area (Å²) in [7, 11) is 0. The molecule has 7 heteroatoms. The number of imidazole rings is 1. The molecule has 5 rings (SSSR count). The third-order valence-corrected chi connectivity index (χ3v) is 5.87. The third-order valence-electron chi connectivity index (χ3n) is 5.87. The van der Waals surface area contributed by atoms with Gasteiger partial charge in [0, 0.05) is 18.4 Å². The lowest BCUT2D eigenvalue weighted by molar-refractivity contribution is 0.0523. The number of nitrogens with one attached hydrogen (secondary N) is 1. The monoisotopic (exact) mass is 491 g/mol. The van der Waals surface area contributed by atoms with E-state index in [4.69, 9.17) is 15.5 Å². The minimum absolute atomic E-state index is 0.362. The Morgan fingerprint density at radius 3 is 2.41 bits per heavy atom. The molecule has 2 aromatic heterocycles. The Labute approximate surface area is 215 Å². The van der Waals surface area contributed by atoms with E-state index < -0.39 is 11.7 Å². The molecule has 2 heterocycles. The summed E-state index contributed by atoms with van der Waals surface area (Å²) in [6, 6.07) is 28.3. The summed E-state index contributed by atoms with van der Waals surface area (Å²) < 4.78 is 7.43. The van der Waals surface area contributed by atoms with E-state index in [9.17, 15) is 4.79 Å². The molecule has 0 spiro atoms. The lowest BCUT2D eigenvalue weighted by Gasteiger charge is -2.19. The predicted molar refractivity (Wildman–Crippen MR) is 147 cm³/mol. The molecule has 0 atom stereocenters. The molecule has 0 saturated heterocycles. The van der Waals surface area contributed by atoms with Gasteiger partial charge in [-0.05, 0) is 73.9 Å². The summed E-state index contributed by atoms with van der Waals surface area (Å²) >= 11 is 0. The molecule has 0 bridgehead atoms. The van der Waals surface area contributed by atoms with Gasteiger partial charge >= 0.3 is 6.09 Å². The van der Waals surface area contributed by atoms with Crippen LogP contribution >= 0.6 is 0 Å². The number of rotatable bonds is 5. The van der Waals surface area contributed by atoms with Crippen molar-refractivity contribution in [2.24, 2.45) is 0 Å². The highest BCUT2D eigenvalue weighted by atomic mass is 16.6. The van der Waals surface area contributed by atoms with Crippen LogP contribution in [0.1, 0.15) is 26.3 Å². The number of alkyl carbamates (subject to hydrolysis) is 1. The zero-order valence-corrected chi connectivity index (χ0v) is 21.1. The Morgan fingerprint density at radius 2 is 1.70 bits per heavy atom. The maximum absolute atomic E-state index is 12.1. The standard InChI is InChI=1S/C30H29N5O2/c1-30(2,3)37-29(36)33-19-20-11-14-23(15-12-20)35-26-18-22(21-8-5-4-6-9-21)13-16-25(26)34-28(35)24-10-7-17-32-27(24)31/h4-18H,19H2,1-3H3,(H2,31,32)(H,33,36). The molecular weight excluding hydrogens is 462 g/mol. The average molecular weight is 492 g/mol. The molecule has 3 N–H and O–H groups in total. The molecular formula is C30H29N5O2. The number of pyridine rings is 1. The number of nitrogens with zero attached hydrogens (tertiary/aromatic N) is 3. The van der Waals surface area contributed by atoms with E-state index in [1.807, 2.05) is 81.4 Å². The van der Waals surface area contributed by atoms with Crippen LogP contribution in [-0.4, -0.2) is 26.2 Å². The summed E-state index contributed by atoms with van der Waals surface area (Å²) in [5.74, 6) is 1.13. The topological polar surface area (TPSA) is 95.1 Å². The fraction of sp³-hybridized carbons (Fsp3) is 0.167. The molecule has 0 fully saturated rings. The molecule has 5 aromatic rings. The van der Waals surface area contributed by atoms with Crippen LogP contribution in [0.3, 0.4) is 0 Å². The Morgan fingerprint density at radius 1 is 0.946 bits per heavy atom. The number of nitrogens with two attached hydrogens (primary N) is 1. The first-order chi connectivity index (χ1) is 17.8. The lowest BCUT2D eigenvalue weighted by Crippen LogP contribution is -2.32. The largest absolute Gasteiger partial charge is 0.444 e. The Bertz CT molecular complexity index is 1550. The van der Waals surface area contributed by atoms with Crippen molar-refractivity contribution in [3.63, 3.8) is 0 Å². The van der Waals surface area contributed by atoms with E-state index in [1.165, 1.54) is 0 Å². The highest BCUT2D eigenvalue weighted by molar-refractivity contribution is 5.88. The van der Waals surface area contributed by atoms with Gasteiger partial charge in [-0.1, -0.05) is 48.5 Å². The van der Waals surface area contributed by atoms with Crippen LogP contribution in [0, 0.1) is 0 Å². The van der Waals surface area contributed by atoms with Crippen molar-refractivity contribution in [3.8, 4) is 28.2 Å². The van der Waals surface area contributed by atoms with Crippen LogP contribution in [0.4, 0.5) is 10.6 Å². The highest BCUT2D eigenvalue weighted by Crippen LogP contribution is 2.33. The molecule has 3 aromatic carbocycles. The number of anilines is 1.